The Morgan fingerprint density at radius 2 is 2.09 bits per heavy atom. The standard InChI is InChI=1S/C14H19N5O.2ClH/c1-8-10(3)19(5-4-15-8)14(20)11-6-12-9(2)17-18-13(12)16-7-11;;/h6-8,10,15H,4-5H2,1-3H3,(H,16,17,18);2*1H. The molecule has 3 heterocycles. The molecule has 1 saturated heterocycles. The van der Waals surface area contributed by atoms with Crippen LogP contribution in [0, 0.1) is 6.92 Å². The maximum absolute atomic E-state index is 12.7. The fourth-order valence-corrected chi connectivity index (χ4v) is 2.65. The number of hydrogen-bond acceptors (Lipinski definition) is 4. The van der Waals surface area contributed by atoms with E-state index in [1.807, 2.05) is 17.9 Å². The number of carbonyl (C=O) groups is 1. The van der Waals surface area contributed by atoms with Crippen molar-refractivity contribution in [3.05, 3.63) is 23.5 Å². The summed E-state index contributed by atoms with van der Waals surface area (Å²) < 4.78 is 0. The third-order valence-corrected chi connectivity index (χ3v) is 4.14. The van der Waals surface area contributed by atoms with E-state index < -0.39 is 0 Å². The minimum absolute atomic E-state index is 0. The predicted molar refractivity (Wildman–Crippen MR) is 91.1 cm³/mol. The summed E-state index contributed by atoms with van der Waals surface area (Å²) in [6.45, 7) is 7.67. The van der Waals surface area contributed by atoms with E-state index in [-0.39, 0.29) is 36.8 Å². The largest absolute Gasteiger partial charge is 0.333 e. The van der Waals surface area contributed by atoms with Crippen molar-refractivity contribution < 1.29 is 4.79 Å². The lowest BCUT2D eigenvalue weighted by Gasteiger charge is -2.38. The van der Waals surface area contributed by atoms with Crippen molar-refractivity contribution in [1.29, 1.82) is 0 Å². The van der Waals surface area contributed by atoms with Crippen LogP contribution in [0.3, 0.4) is 0 Å². The van der Waals surface area contributed by atoms with Gasteiger partial charge in [-0.15, -0.1) is 24.8 Å². The lowest BCUT2D eigenvalue weighted by atomic mass is 10.1. The van der Waals surface area contributed by atoms with Gasteiger partial charge < -0.3 is 10.2 Å². The lowest BCUT2D eigenvalue weighted by molar-refractivity contribution is 0.0602. The summed E-state index contributed by atoms with van der Waals surface area (Å²) in [7, 11) is 0. The molecule has 2 atom stereocenters. The highest BCUT2D eigenvalue weighted by Gasteiger charge is 2.29. The Kier molecular flexibility index (Phi) is 6.17. The van der Waals surface area contributed by atoms with E-state index in [1.54, 1.807) is 6.20 Å². The number of nitrogens with one attached hydrogen (secondary N) is 2. The van der Waals surface area contributed by atoms with Gasteiger partial charge in [0.15, 0.2) is 5.65 Å². The third kappa shape index (κ3) is 3.19. The molecule has 2 N–H and O–H groups in total. The number of piperazine rings is 1. The van der Waals surface area contributed by atoms with E-state index in [2.05, 4.69) is 34.3 Å². The van der Waals surface area contributed by atoms with Crippen LogP contribution in [0.1, 0.15) is 29.9 Å². The van der Waals surface area contributed by atoms with Crippen LogP contribution in [0.15, 0.2) is 12.3 Å². The van der Waals surface area contributed by atoms with Gasteiger partial charge >= 0.3 is 0 Å². The van der Waals surface area contributed by atoms with Crippen molar-refractivity contribution in [2.75, 3.05) is 13.1 Å². The molecule has 2 unspecified atom stereocenters. The number of rotatable bonds is 1. The summed E-state index contributed by atoms with van der Waals surface area (Å²) in [5.41, 5.74) is 2.22. The monoisotopic (exact) mass is 345 g/mol. The molecule has 0 spiro atoms. The number of aromatic nitrogens is 3. The molecule has 8 heteroatoms. The molecule has 1 amide bonds. The maximum Gasteiger partial charge on any atom is 0.255 e. The van der Waals surface area contributed by atoms with Crippen molar-refractivity contribution in [2.45, 2.75) is 32.9 Å². The molecule has 0 saturated carbocycles. The topological polar surface area (TPSA) is 73.9 Å². The van der Waals surface area contributed by atoms with Crippen molar-refractivity contribution >= 4 is 41.8 Å². The smallest absolute Gasteiger partial charge is 0.255 e. The predicted octanol–water partition coefficient (Wildman–Crippen LogP) is 1.93. The van der Waals surface area contributed by atoms with Gasteiger partial charge in [0, 0.05) is 42.5 Å². The van der Waals surface area contributed by atoms with E-state index in [0.717, 1.165) is 24.2 Å². The Bertz CT molecular complexity index is 660. The average molecular weight is 346 g/mol. The minimum atomic E-state index is 0. The number of amides is 1. The fourth-order valence-electron chi connectivity index (χ4n) is 2.65. The molecule has 1 aliphatic heterocycles. The van der Waals surface area contributed by atoms with Crippen LogP contribution in [0.2, 0.25) is 0 Å². The number of pyridine rings is 1. The molecule has 3 rings (SSSR count). The molecule has 0 bridgehead atoms. The number of fused-ring (bicyclic) bond motifs is 1. The number of aromatic amines is 1. The van der Waals surface area contributed by atoms with Crippen LogP contribution in [-0.4, -0.2) is 51.2 Å². The summed E-state index contributed by atoms with van der Waals surface area (Å²) in [4.78, 5) is 18.8. The average Bonchev–Trinajstić information content (AvgIpc) is 2.82. The Hall–Kier alpha value is -1.37. The first-order valence-electron chi connectivity index (χ1n) is 6.93. The van der Waals surface area contributed by atoms with Gasteiger partial charge in [-0.05, 0) is 26.8 Å². The molecule has 6 nitrogen and oxygen atoms in total. The number of halogens is 2. The maximum atomic E-state index is 12.7. The summed E-state index contributed by atoms with van der Waals surface area (Å²) >= 11 is 0. The third-order valence-electron chi connectivity index (χ3n) is 4.14. The summed E-state index contributed by atoms with van der Waals surface area (Å²) in [5.74, 6) is 0.0425. The SMILES string of the molecule is Cc1[nH]nc2ncc(C(=O)N3CCNC(C)C3C)cc12.Cl.Cl. The van der Waals surface area contributed by atoms with Gasteiger partial charge in [-0.2, -0.15) is 5.10 Å². The summed E-state index contributed by atoms with van der Waals surface area (Å²) in [5, 5.41) is 11.3. The highest BCUT2D eigenvalue weighted by Crippen LogP contribution is 2.18. The zero-order valence-corrected chi connectivity index (χ0v) is 14.4. The van der Waals surface area contributed by atoms with Gasteiger partial charge in [-0.3, -0.25) is 9.89 Å². The molecule has 2 aromatic heterocycles. The Labute approximate surface area is 141 Å². The first kappa shape index (κ1) is 18.7. The van der Waals surface area contributed by atoms with Crippen molar-refractivity contribution in [2.24, 2.45) is 0 Å². The first-order chi connectivity index (χ1) is 9.58. The van der Waals surface area contributed by atoms with Crippen LogP contribution >= 0.6 is 24.8 Å². The second kappa shape index (κ2) is 7.26. The first-order valence-corrected chi connectivity index (χ1v) is 6.93. The quantitative estimate of drug-likeness (QED) is 0.828. The number of hydrogen-bond donors (Lipinski definition) is 2. The molecule has 1 fully saturated rings. The number of H-pyrrole nitrogens is 1. The van der Waals surface area contributed by atoms with Crippen molar-refractivity contribution in [1.82, 2.24) is 25.4 Å². The fraction of sp³-hybridized carbons (Fsp3) is 0.500. The van der Waals surface area contributed by atoms with Gasteiger partial charge in [0.1, 0.15) is 0 Å². The second-order valence-corrected chi connectivity index (χ2v) is 5.43. The molecule has 2 aromatic rings. The Morgan fingerprint density at radius 1 is 1.36 bits per heavy atom. The molecule has 122 valence electrons. The van der Waals surface area contributed by atoms with Crippen LogP contribution in [-0.2, 0) is 0 Å². The highest BCUT2D eigenvalue weighted by atomic mass is 35.5. The van der Waals surface area contributed by atoms with Crippen molar-refractivity contribution in [3.63, 3.8) is 0 Å². The number of aryl methyl sites for hydroxylation is 1. The van der Waals surface area contributed by atoms with Crippen LogP contribution in [0.25, 0.3) is 11.0 Å². The van der Waals surface area contributed by atoms with E-state index in [0.29, 0.717) is 17.3 Å². The molecule has 0 aromatic carbocycles. The van der Waals surface area contributed by atoms with Gasteiger partial charge in [0.05, 0.1) is 5.56 Å². The normalized spacial score (nSPS) is 21.1. The van der Waals surface area contributed by atoms with E-state index in [1.165, 1.54) is 0 Å². The summed E-state index contributed by atoms with van der Waals surface area (Å²) in [6.07, 6.45) is 1.62. The Morgan fingerprint density at radius 3 is 2.82 bits per heavy atom. The minimum Gasteiger partial charge on any atom is -0.333 e. The number of nitrogens with zero attached hydrogens (tertiary/aromatic N) is 3. The second-order valence-electron chi connectivity index (χ2n) is 5.43. The van der Waals surface area contributed by atoms with Gasteiger partial charge in [-0.1, -0.05) is 0 Å². The molecule has 0 aliphatic carbocycles. The lowest BCUT2D eigenvalue weighted by Crippen LogP contribution is -2.57. The highest BCUT2D eigenvalue weighted by molar-refractivity contribution is 5.97. The van der Waals surface area contributed by atoms with Crippen LogP contribution in [0.4, 0.5) is 0 Å². The molecular weight excluding hydrogens is 325 g/mol. The Balaban J connectivity index is 0.00000121. The van der Waals surface area contributed by atoms with Crippen LogP contribution in [0.5, 0.6) is 0 Å². The van der Waals surface area contributed by atoms with Gasteiger partial charge in [-0.25, -0.2) is 4.98 Å². The zero-order valence-electron chi connectivity index (χ0n) is 12.8. The van der Waals surface area contributed by atoms with Gasteiger partial charge in [0.25, 0.3) is 5.91 Å². The van der Waals surface area contributed by atoms with E-state index in [9.17, 15) is 4.79 Å². The van der Waals surface area contributed by atoms with Gasteiger partial charge in [0.2, 0.25) is 0 Å². The molecular formula is C14H21Cl2N5O. The van der Waals surface area contributed by atoms with E-state index in [4.69, 9.17) is 0 Å². The molecule has 0 radical (unpaired) electrons. The molecule has 1 aliphatic rings. The molecule has 22 heavy (non-hydrogen) atoms. The van der Waals surface area contributed by atoms with E-state index >= 15 is 0 Å². The van der Waals surface area contributed by atoms with Crippen LogP contribution < -0.4 is 5.32 Å². The zero-order chi connectivity index (χ0) is 14.3. The number of carbonyl (C=O) groups excluding carboxylic acids is 1. The van der Waals surface area contributed by atoms with Crippen molar-refractivity contribution in [3.8, 4) is 0 Å². The summed E-state index contributed by atoms with van der Waals surface area (Å²) in [6, 6.07) is 2.36.